The van der Waals surface area contributed by atoms with Crippen LogP contribution in [0.1, 0.15) is 0 Å². The molecule has 0 radical (unpaired) electrons. The van der Waals surface area contributed by atoms with Crippen LogP contribution in [0.3, 0.4) is 0 Å². The number of imidazole rings is 2. The fourth-order valence-electron chi connectivity index (χ4n) is 5.13. The minimum atomic E-state index is 0.798. The zero-order valence-corrected chi connectivity index (χ0v) is 21.8. The van der Waals surface area contributed by atoms with E-state index in [4.69, 9.17) is 9.97 Å². The Morgan fingerprint density at radius 1 is 0.325 bits per heavy atom. The van der Waals surface area contributed by atoms with E-state index in [0.29, 0.717) is 0 Å². The van der Waals surface area contributed by atoms with Gasteiger partial charge in [0.1, 0.15) is 11.6 Å². The molecule has 4 heteroatoms. The van der Waals surface area contributed by atoms with Gasteiger partial charge in [0.15, 0.2) is 0 Å². The third-order valence-corrected chi connectivity index (χ3v) is 7.06. The van der Waals surface area contributed by atoms with Crippen molar-refractivity contribution in [2.24, 2.45) is 0 Å². The van der Waals surface area contributed by atoms with Crippen LogP contribution in [0.4, 0.5) is 0 Å². The largest absolute Gasteiger partial charge is 0.337 e. The van der Waals surface area contributed by atoms with Crippen LogP contribution >= 0.6 is 0 Å². The second kappa shape index (κ2) is 10.4. The van der Waals surface area contributed by atoms with Gasteiger partial charge in [-0.1, -0.05) is 146 Å². The quantitative estimate of drug-likeness (QED) is 0.232. The van der Waals surface area contributed by atoms with Gasteiger partial charge in [-0.15, -0.1) is 0 Å². The Balaban J connectivity index is 1.41. The molecule has 2 aromatic heterocycles. The molecule has 5 aromatic carbocycles. The number of benzene rings is 5. The zero-order chi connectivity index (χ0) is 26.7. The van der Waals surface area contributed by atoms with Gasteiger partial charge in [0.05, 0.1) is 22.8 Å². The molecule has 40 heavy (non-hydrogen) atoms. The topological polar surface area (TPSA) is 57.4 Å². The van der Waals surface area contributed by atoms with E-state index in [9.17, 15) is 0 Å². The molecule has 0 aliphatic rings. The van der Waals surface area contributed by atoms with E-state index < -0.39 is 0 Å². The van der Waals surface area contributed by atoms with Crippen molar-refractivity contribution >= 4 is 0 Å². The number of rotatable bonds is 6. The molecule has 0 aliphatic carbocycles. The lowest BCUT2D eigenvalue weighted by atomic mass is 10.1. The molecule has 0 fully saturated rings. The Morgan fingerprint density at radius 2 is 0.625 bits per heavy atom. The zero-order valence-electron chi connectivity index (χ0n) is 21.8. The standard InChI is InChI=1S/C36H26N4/c1-5-15-25(16-6-1)31-32(26-17-7-2-8-18-26)38-35(37-31)29-23-13-14-24-30(29)36-39-33(27-19-9-3-10-20-27)34(40-36)28-21-11-4-12-22-28/h1-24H,(H,37,38)(H,39,40). The van der Waals surface area contributed by atoms with E-state index in [1.165, 1.54) is 0 Å². The molecule has 0 spiro atoms. The third-order valence-electron chi connectivity index (χ3n) is 7.06. The first-order valence-electron chi connectivity index (χ1n) is 13.4. The smallest absolute Gasteiger partial charge is 0.139 e. The van der Waals surface area contributed by atoms with Crippen molar-refractivity contribution < 1.29 is 0 Å². The molecular formula is C36H26N4. The predicted molar refractivity (Wildman–Crippen MR) is 163 cm³/mol. The molecule has 0 bridgehead atoms. The second-order valence-electron chi connectivity index (χ2n) is 9.63. The van der Waals surface area contributed by atoms with Crippen LogP contribution in [-0.2, 0) is 0 Å². The van der Waals surface area contributed by atoms with Gasteiger partial charge in [-0.2, -0.15) is 0 Å². The molecular weight excluding hydrogens is 488 g/mol. The van der Waals surface area contributed by atoms with Crippen molar-refractivity contribution in [2.45, 2.75) is 0 Å². The number of aromatic nitrogens is 4. The van der Waals surface area contributed by atoms with Crippen molar-refractivity contribution in [3.63, 3.8) is 0 Å². The summed E-state index contributed by atoms with van der Waals surface area (Å²) in [6.45, 7) is 0. The Labute approximate surface area is 233 Å². The Morgan fingerprint density at radius 3 is 0.975 bits per heavy atom. The van der Waals surface area contributed by atoms with Crippen LogP contribution in [0, 0.1) is 0 Å². The van der Waals surface area contributed by atoms with Gasteiger partial charge in [-0.05, 0) is 0 Å². The highest BCUT2D eigenvalue weighted by Crippen LogP contribution is 2.38. The minimum Gasteiger partial charge on any atom is -0.337 e. The lowest BCUT2D eigenvalue weighted by Gasteiger charge is -2.05. The van der Waals surface area contributed by atoms with Gasteiger partial charge in [0.2, 0.25) is 0 Å². The van der Waals surface area contributed by atoms with Gasteiger partial charge >= 0.3 is 0 Å². The number of aromatic amines is 2. The maximum absolute atomic E-state index is 5.16. The van der Waals surface area contributed by atoms with Crippen molar-refractivity contribution in [3.8, 4) is 67.8 Å². The van der Waals surface area contributed by atoms with E-state index in [0.717, 1.165) is 67.8 Å². The fraction of sp³-hybridized carbons (Fsp3) is 0. The predicted octanol–water partition coefficient (Wildman–Crippen LogP) is 9.13. The fourth-order valence-corrected chi connectivity index (χ4v) is 5.13. The molecule has 7 aromatic rings. The molecule has 0 saturated heterocycles. The summed E-state index contributed by atoms with van der Waals surface area (Å²) in [5.74, 6) is 1.60. The van der Waals surface area contributed by atoms with Crippen molar-refractivity contribution in [3.05, 3.63) is 146 Å². The highest BCUT2D eigenvalue weighted by atomic mass is 15.0. The van der Waals surface area contributed by atoms with Crippen molar-refractivity contribution in [1.82, 2.24) is 19.9 Å². The normalized spacial score (nSPS) is 11.0. The highest BCUT2D eigenvalue weighted by molar-refractivity contribution is 5.87. The minimum absolute atomic E-state index is 0.798. The van der Waals surface area contributed by atoms with Crippen molar-refractivity contribution in [1.29, 1.82) is 0 Å². The first-order valence-corrected chi connectivity index (χ1v) is 13.4. The average molecular weight is 515 g/mol. The monoisotopic (exact) mass is 514 g/mol. The maximum Gasteiger partial charge on any atom is 0.139 e. The molecule has 0 aliphatic heterocycles. The molecule has 0 unspecified atom stereocenters. The molecule has 0 atom stereocenters. The summed E-state index contributed by atoms with van der Waals surface area (Å²) in [5, 5.41) is 0. The third kappa shape index (κ3) is 4.42. The van der Waals surface area contributed by atoms with Crippen molar-refractivity contribution in [2.75, 3.05) is 0 Å². The van der Waals surface area contributed by atoms with Crippen LogP contribution in [-0.4, -0.2) is 19.9 Å². The summed E-state index contributed by atoms with van der Waals surface area (Å²) in [7, 11) is 0. The molecule has 7 rings (SSSR count). The van der Waals surface area contributed by atoms with E-state index in [1.807, 2.05) is 60.7 Å². The average Bonchev–Trinajstić information content (AvgIpc) is 3.69. The summed E-state index contributed by atoms with van der Waals surface area (Å²) in [4.78, 5) is 17.6. The molecule has 2 heterocycles. The summed E-state index contributed by atoms with van der Waals surface area (Å²) in [5.41, 5.74) is 10.1. The molecule has 2 N–H and O–H groups in total. The van der Waals surface area contributed by atoms with Crippen LogP contribution < -0.4 is 0 Å². The summed E-state index contributed by atoms with van der Waals surface area (Å²) in [6.07, 6.45) is 0. The first kappa shape index (κ1) is 23.6. The molecule has 4 nitrogen and oxygen atoms in total. The van der Waals surface area contributed by atoms with E-state index in [-0.39, 0.29) is 0 Å². The van der Waals surface area contributed by atoms with Crippen LogP contribution in [0.25, 0.3) is 67.8 Å². The Hall–Kier alpha value is -5.48. The van der Waals surface area contributed by atoms with Gasteiger partial charge in [0.25, 0.3) is 0 Å². The van der Waals surface area contributed by atoms with Gasteiger partial charge in [-0.25, -0.2) is 9.97 Å². The van der Waals surface area contributed by atoms with Crippen LogP contribution in [0.15, 0.2) is 146 Å². The molecule has 0 amide bonds. The summed E-state index contributed by atoms with van der Waals surface area (Å²) >= 11 is 0. The lowest BCUT2D eigenvalue weighted by Crippen LogP contribution is -1.89. The lowest BCUT2D eigenvalue weighted by molar-refractivity contribution is 1.27. The maximum atomic E-state index is 5.16. The number of nitrogens with zero attached hydrogens (tertiary/aromatic N) is 2. The first-order chi connectivity index (χ1) is 19.8. The van der Waals surface area contributed by atoms with Gasteiger partial charge in [-0.3, -0.25) is 0 Å². The number of hydrogen-bond acceptors (Lipinski definition) is 2. The number of hydrogen-bond donors (Lipinski definition) is 2. The second-order valence-corrected chi connectivity index (χ2v) is 9.63. The number of H-pyrrole nitrogens is 2. The van der Waals surface area contributed by atoms with Gasteiger partial charge in [0, 0.05) is 33.4 Å². The molecule has 190 valence electrons. The SMILES string of the molecule is c1ccc(-c2nc(-c3ccccc3-c3nc(-c4ccccc4)c(-c4ccccc4)[nH]3)[nH]c2-c2ccccc2)cc1. The summed E-state index contributed by atoms with van der Waals surface area (Å²) < 4.78 is 0. The molecule has 0 saturated carbocycles. The Kier molecular flexibility index (Phi) is 6.11. The van der Waals surface area contributed by atoms with E-state index >= 15 is 0 Å². The van der Waals surface area contributed by atoms with Crippen LogP contribution in [0.5, 0.6) is 0 Å². The van der Waals surface area contributed by atoms with Gasteiger partial charge < -0.3 is 9.97 Å². The summed E-state index contributed by atoms with van der Waals surface area (Å²) in [6, 6.07) is 49.7. The van der Waals surface area contributed by atoms with Crippen LogP contribution in [0.2, 0.25) is 0 Å². The Bertz CT molecular complexity index is 1620. The van der Waals surface area contributed by atoms with E-state index in [2.05, 4.69) is 94.9 Å². The number of nitrogens with one attached hydrogen (secondary N) is 2. The van der Waals surface area contributed by atoms with E-state index in [1.54, 1.807) is 0 Å². The highest BCUT2D eigenvalue weighted by Gasteiger charge is 2.20.